The van der Waals surface area contributed by atoms with Crippen molar-refractivity contribution >= 4 is 18.5 Å². The van der Waals surface area contributed by atoms with Gasteiger partial charge in [0.05, 0.1) is 52.9 Å². The van der Waals surface area contributed by atoms with Gasteiger partial charge >= 0.3 is 0 Å². The number of hydrogen-bond donors (Lipinski definition) is 5. The molecule has 0 aliphatic carbocycles. The highest BCUT2D eigenvalue weighted by Crippen LogP contribution is 2.22. The molecule has 1 rings (SSSR count). The molecule has 160 valence electrons. The summed E-state index contributed by atoms with van der Waals surface area (Å²) in [7, 11) is 0. The van der Waals surface area contributed by atoms with Gasteiger partial charge in [-0.15, -0.1) is 0 Å². The Morgan fingerprint density at radius 1 is 1.00 bits per heavy atom. The lowest BCUT2D eigenvalue weighted by Gasteiger charge is -2.42. The number of carbonyl (C=O) groups excluding carboxylic acids is 1. The number of rotatable bonds is 14. The molecule has 0 radical (unpaired) electrons. The molecule has 10 nitrogen and oxygen atoms in total. The molecule has 5 atom stereocenters. The summed E-state index contributed by atoms with van der Waals surface area (Å²) in [5, 5.41) is 31.8. The van der Waals surface area contributed by atoms with Crippen molar-refractivity contribution in [2.45, 2.75) is 37.6 Å². The summed E-state index contributed by atoms with van der Waals surface area (Å²) in [6.07, 6.45) is -4.69. The Balaban J connectivity index is 2.23. The Bertz CT molecular complexity index is 404. The zero-order chi connectivity index (χ0) is 20.1. The fraction of sp³-hybridized carbons (Fsp3) is 0.938. The van der Waals surface area contributed by atoms with E-state index in [0.29, 0.717) is 38.8 Å². The fourth-order valence-corrected chi connectivity index (χ4v) is 2.57. The van der Waals surface area contributed by atoms with E-state index < -0.39 is 43.2 Å². The highest BCUT2D eigenvalue weighted by atomic mass is 32.1. The van der Waals surface area contributed by atoms with Crippen LogP contribution in [-0.2, 0) is 28.5 Å². The summed E-state index contributed by atoms with van der Waals surface area (Å²) in [6.45, 7) is 3.52. The van der Waals surface area contributed by atoms with Crippen LogP contribution in [0.4, 0.5) is 0 Å². The van der Waals surface area contributed by atoms with Gasteiger partial charge in [0.1, 0.15) is 24.4 Å². The molecule has 1 amide bonds. The minimum atomic E-state index is -1.34. The van der Waals surface area contributed by atoms with Gasteiger partial charge in [-0.2, -0.15) is 12.6 Å². The molecule has 27 heavy (non-hydrogen) atoms. The smallest absolute Gasteiger partial charge is 0.217 e. The Kier molecular flexibility index (Phi) is 13.2. The van der Waals surface area contributed by atoms with Crippen LogP contribution in [0.5, 0.6) is 0 Å². The highest BCUT2D eigenvalue weighted by Gasteiger charge is 2.45. The summed E-state index contributed by atoms with van der Waals surface area (Å²) in [6, 6.07) is -0.958. The summed E-state index contributed by atoms with van der Waals surface area (Å²) >= 11 is 4.03. The SMILES string of the molecule is CC(=O)N[C@H]1C(OCCOCCOCCOCCS)O[C@H](CO)[C@H](O)[C@@H]1O. The van der Waals surface area contributed by atoms with Gasteiger partial charge in [-0.05, 0) is 0 Å². The van der Waals surface area contributed by atoms with Gasteiger partial charge in [0, 0.05) is 12.7 Å². The topological polar surface area (TPSA) is 136 Å². The first-order chi connectivity index (χ1) is 13.0. The maximum Gasteiger partial charge on any atom is 0.217 e. The number of amides is 1. The Hall–Kier alpha value is -0.500. The second kappa shape index (κ2) is 14.5. The van der Waals surface area contributed by atoms with Crippen molar-refractivity contribution in [3.63, 3.8) is 0 Å². The van der Waals surface area contributed by atoms with Gasteiger partial charge in [-0.25, -0.2) is 0 Å². The van der Waals surface area contributed by atoms with Crippen LogP contribution < -0.4 is 5.32 Å². The van der Waals surface area contributed by atoms with E-state index in [1.807, 2.05) is 0 Å². The summed E-state index contributed by atoms with van der Waals surface area (Å²) in [5.41, 5.74) is 0. The van der Waals surface area contributed by atoms with E-state index in [1.165, 1.54) is 6.92 Å². The summed E-state index contributed by atoms with van der Waals surface area (Å²) < 4.78 is 26.8. The normalized spacial score (nSPS) is 28.3. The molecule has 1 fully saturated rings. The second-order valence-corrected chi connectivity index (χ2v) is 6.31. The van der Waals surface area contributed by atoms with Crippen LogP contribution in [-0.4, -0.2) is 110 Å². The van der Waals surface area contributed by atoms with Crippen molar-refractivity contribution < 1.29 is 43.8 Å². The zero-order valence-electron chi connectivity index (χ0n) is 15.5. The number of aliphatic hydroxyl groups excluding tert-OH is 3. The number of aliphatic hydroxyl groups is 3. The van der Waals surface area contributed by atoms with Gasteiger partial charge in [0.25, 0.3) is 0 Å². The van der Waals surface area contributed by atoms with E-state index in [4.69, 9.17) is 23.7 Å². The van der Waals surface area contributed by atoms with E-state index >= 15 is 0 Å². The lowest BCUT2D eigenvalue weighted by atomic mass is 9.97. The maximum absolute atomic E-state index is 11.3. The van der Waals surface area contributed by atoms with E-state index in [9.17, 15) is 20.1 Å². The van der Waals surface area contributed by atoms with Crippen molar-refractivity contribution in [1.29, 1.82) is 0 Å². The predicted molar refractivity (Wildman–Crippen MR) is 97.6 cm³/mol. The van der Waals surface area contributed by atoms with Crippen LogP contribution in [0.2, 0.25) is 0 Å². The van der Waals surface area contributed by atoms with Crippen LogP contribution in [0.1, 0.15) is 6.92 Å². The molecule has 0 aromatic rings. The van der Waals surface area contributed by atoms with Crippen molar-refractivity contribution in [3.05, 3.63) is 0 Å². The number of carbonyl (C=O) groups is 1. The summed E-state index contributed by atoms with van der Waals surface area (Å²) in [4.78, 5) is 11.3. The van der Waals surface area contributed by atoms with Crippen LogP contribution >= 0.6 is 12.6 Å². The van der Waals surface area contributed by atoms with Crippen molar-refractivity contribution in [3.8, 4) is 0 Å². The molecule has 11 heteroatoms. The molecule has 1 heterocycles. The molecule has 4 N–H and O–H groups in total. The van der Waals surface area contributed by atoms with Crippen molar-refractivity contribution in [2.24, 2.45) is 0 Å². The lowest BCUT2D eigenvalue weighted by Crippen LogP contribution is -2.64. The van der Waals surface area contributed by atoms with Crippen molar-refractivity contribution in [1.82, 2.24) is 5.32 Å². The molecule has 1 aliphatic heterocycles. The molecular formula is C16H31NO9S. The molecule has 1 aliphatic rings. The minimum absolute atomic E-state index is 0.132. The molecule has 0 aromatic carbocycles. The van der Waals surface area contributed by atoms with Gasteiger partial charge in [0.2, 0.25) is 5.91 Å². The van der Waals surface area contributed by atoms with E-state index in [1.54, 1.807) is 0 Å². The quantitative estimate of drug-likeness (QED) is 0.161. The first-order valence-corrected chi connectivity index (χ1v) is 9.49. The third kappa shape index (κ3) is 9.50. The van der Waals surface area contributed by atoms with Crippen LogP contribution in [0.15, 0.2) is 0 Å². The van der Waals surface area contributed by atoms with Gasteiger partial charge in [-0.1, -0.05) is 0 Å². The largest absolute Gasteiger partial charge is 0.394 e. The Morgan fingerprint density at radius 3 is 2.07 bits per heavy atom. The minimum Gasteiger partial charge on any atom is -0.394 e. The number of ether oxygens (including phenoxy) is 5. The molecule has 1 unspecified atom stereocenters. The molecule has 0 aromatic heterocycles. The first kappa shape index (κ1) is 24.5. The van der Waals surface area contributed by atoms with Gasteiger partial charge in [0.15, 0.2) is 6.29 Å². The molecule has 0 bridgehead atoms. The Labute approximate surface area is 164 Å². The van der Waals surface area contributed by atoms with Crippen LogP contribution in [0.25, 0.3) is 0 Å². The van der Waals surface area contributed by atoms with E-state index in [-0.39, 0.29) is 13.2 Å². The summed E-state index contributed by atoms with van der Waals surface area (Å²) in [5.74, 6) is 0.267. The van der Waals surface area contributed by atoms with Gasteiger partial charge in [-0.3, -0.25) is 4.79 Å². The molecule has 1 saturated heterocycles. The average Bonchev–Trinajstić information content (AvgIpc) is 2.64. The third-order valence-electron chi connectivity index (χ3n) is 3.74. The average molecular weight is 413 g/mol. The van der Waals surface area contributed by atoms with Crippen LogP contribution in [0, 0.1) is 0 Å². The number of nitrogens with one attached hydrogen (secondary N) is 1. The maximum atomic E-state index is 11.3. The van der Waals surface area contributed by atoms with E-state index in [0.717, 1.165) is 0 Å². The predicted octanol–water partition coefficient (Wildman–Crippen LogP) is -2.07. The second-order valence-electron chi connectivity index (χ2n) is 5.86. The molecule has 0 saturated carbocycles. The zero-order valence-corrected chi connectivity index (χ0v) is 16.4. The molecule has 0 spiro atoms. The Morgan fingerprint density at radius 2 is 1.56 bits per heavy atom. The van der Waals surface area contributed by atoms with Crippen molar-refractivity contribution in [2.75, 3.05) is 58.6 Å². The monoisotopic (exact) mass is 413 g/mol. The third-order valence-corrected chi connectivity index (χ3v) is 3.92. The number of hydrogen-bond acceptors (Lipinski definition) is 10. The number of thiol groups is 1. The van der Waals surface area contributed by atoms with Crippen LogP contribution in [0.3, 0.4) is 0 Å². The van der Waals surface area contributed by atoms with Gasteiger partial charge < -0.3 is 44.3 Å². The van der Waals surface area contributed by atoms with E-state index in [2.05, 4.69) is 17.9 Å². The first-order valence-electron chi connectivity index (χ1n) is 8.86. The molecular weight excluding hydrogens is 382 g/mol. The standard InChI is InChI=1S/C16H31NO9S/c1-11(19)17-13-15(21)14(20)12(10-18)26-16(13)25-7-6-23-3-2-22-4-5-24-8-9-27/h12-16,18,20-21,27H,2-10H2,1H3,(H,17,19)/t12-,13-,14+,15-,16?/m1/s1. The fourth-order valence-electron chi connectivity index (χ4n) is 2.44. The lowest BCUT2D eigenvalue weighted by molar-refractivity contribution is -0.272. The highest BCUT2D eigenvalue weighted by molar-refractivity contribution is 7.80.